The Morgan fingerprint density at radius 1 is 0.750 bits per heavy atom. The fraction of sp³-hybridized carbons (Fsp3) is 0.174. The average Bonchev–Trinajstić information content (AvgIpc) is 3.13. The minimum absolute atomic E-state index is 0. The van der Waals surface area contributed by atoms with Crippen LogP contribution in [0.15, 0.2) is 72.9 Å². The van der Waals surface area contributed by atoms with Crippen LogP contribution in [-0.2, 0) is 19.8 Å². The van der Waals surface area contributed by atoms with Gasteiger partial charge in [0.2, 0.25) is 0 Å². The van der Waals surface area contributed by atoms with E-state index in [0.29, 0.717) is 0 Å². The molecule has 0 spiro atoms. The van der Waals surface area contributed by atoms with E-state index in [1.165, 1.54) is 10.1 Å². The molecule has 2 heterocycles. The van der Waals surface area contributed by atoms with Crippen molar-refractivity contribution >= 4 is 47.9 Å². The van der Waals surface area contributed by atoms with Crippen LogP contribution in [0, 0.1) is 6.07 Å². The number of hydrogen-bond acceptors (Lipinski definition) is 2. The van der Waals surface area contributed by atoms with Crippen molar-refractivity contribution in [3.63, 3.8) is 0 Å². The van der Waals surface area contributed by atoms with Gasteiger partial charge in [0.05, 0.1) is 26.7 Å². The van der Waals surface area contributed by atoms with Gasteiger partial charge in [-0.15, -0.1) is 23.6 Å². The standard InChI is InChI=1S/C13H8NS.C10H16P2.Os/c1-2-7-12-10(5-1)9-13(15-12)11-6-3-4-8-14-11;1-11(2)9-7-5-6-8-10(9)12(3)4;/h1-8H;5-8H,1-4H3;/q-1;;+1/p+2. The first-order valence-electron chi connectivity index (χ1n) is 9.08. The number of rotatable bonds is 3. The van der Waals surface area contributed by atoms with Crippen molar-refractivity contribution in [1.29, 1.82) is 0 Å². The molecule has 0 bridgehead atoms. The monoisotopic (exact) mass is 602 g/mol. The predicted molar refractivity (Wildman–Crippen MR) is 130 cm³/mol. The molecule has 0 saturated heterocycles. The van der Waals surface area contributed by atoms with Crippen LogP contribution in [0.25, 0.3) is 20.7 Å². The summed E-state index contributed by atoms with van der Waals surface area (Å²) in [5.74, 6) is 0. The van der Waals surface area contributed by atoms with Gasteiger partial charge in [-0.1, -0.05) is 36.4 Å². The number of benzene rings is 2. The van der Waals surface area contributed by atoms with E-state index in [4.69, 9.17) is 0 Å². The normalized spacial score (nSPS) is 10.5. The maximum atomic E-state index is 4.32. The molecule has 145 valence electrons. The molecule has 0 amide bonds. The zero-order chi connectivity index (χ0) is 19.2. The number of fused-ring (bicyclic) bond motifs is 1. The van der Waals surface area contributed by atoms with E-state index in [2.05, 4.69) is 80.2 Å². The molecule has 2 aromatic heterocycles. The molecule has 0 aliphatic carbocycles. The fourth-order valence-electron chi connectivity index (χ4n) is 2.89. The molecule has 0 N–H and O–H groups in total. The van der Waals surface area contributed by atoms with Crippen LogP contribution in [0.2, 0.25) is 0 Å². The van der Waals surface area contributed by atoms with E-state index >= 15 is 0 Å². The molecule has 2 aromatic carbocycles. The number of nitrogens with zero attached hydrogens (tertiary/aromatic N) is 1. The van der Waals surface area contributed by atoms with E-state index in [0.717, 1.165) is 10.6 Å². The Kier molecular flexibility index (Phi) is 9.40. The van der Waals surface area contributed by atoms with Gasteiger partial charge in [0, 0.05) is 27.7 Å². The fourth-order valence-corrected chi connectivity index (χ4v) is 7.47. The van der Waals surface area contributed by atoms with Gasteiger partial charge in [0.25, 0.3) is 0 Å². The largest absolute Gasteiger partial charge is 1.00 e. The molecule has 0 unspecified atom stereocenters. The van der Waals surface area contributed by atoms with Gasteiger partial charge < -0.3 is 4.98 Å². The first-order chi connectivity index (χ1) is 13.1. The SMILES string of the molecule is C[PH+](C)c1ccccc1[PH+](C)C.[Os+].[c-]1c(-c2ccccn2)sc2ccccc12. The molecule has 28 heavy (non-hydrogen) atoms. The Labute approximate surface area is 188 Å². The van der Waals surface area contributed by atoms with Gasteiger partial charge in [-0.25, -0.2) is 11.3 Å². The molecule has 0 aliphatic rings. The smallest absolute Gasteiger partial charge is 0.303 e. The summed E-state index contributed by atoms with van der Waals surface area (Å²) < 4.78 is 1.26. The van der Waals surface area contributed by atoms with Crippen molar-refractivity contribution in [2.45, 2.75) is 0 Å². The van der Waals surface area contributed by atoms with Crippen LogP contribution in [0.4, 0.5) is 0 Å². The van der Waals surface area contributed by atoms with E-state index in [1.54, 1.807) is 21.9 Å². The Hall–Kier alpha value is -0.954. The number of pyridine rings is 1. The summed E-state index contributed by atoms with van der Waals surface area (Å²) in [6.45, 7) is 9.48. The summed E-state index contributed by atoms with van der Waals surface area (Å²) in [6.07, 6.45) is 1.81. The number of hydrogen-bond donors (Lipinski definition) is 0. The van der Waals surface area contributed by atoms with Crippen molar-refractivity contribution in [1.82, 2.24) is 4.98 Å². The minimum atomic E-state index is -0.261. The molecule has 1 radical (unpaired) electrons. The average molecular weight is 601 g/mol. The van der Waals surface area contributed by atoms with Gasteiger partial charge in [0.15, 0.2) is 0 Å². The maximum Gasteiger partial charge on any atom is 1.00 e. The Bertz CT molecular complexity index is 940. The zero-order valence-electron chi connectivity index (χ0n) is 16.6. The van der Waals surface area contributed by atoms with Gasteiger partial charge in [-0.2, -0.15) is 0 Å². The quantitative estimate of drug-likeness (QED) is 0.219. The van der Waals surface area contributed by atoms with E-state index in [-0.39, 0.29) is 35.6 Å². The summed E-state index contributed by atoms with van der Waals surface area (Å²) in [6, 6.07) is 26.5. The summed E-state index contributed by atoms with van der Waals surface area (Å²) >= 11 is 1.73. The second kappa shape index (κ2) is 11.3. The molecule has 4 aromatic rings. The van der Waals surface area contributed by atoms with E-state index < -0.39 is 0 Å². The third-order valence-corrected chi connectivity index (χ3v) is 8.62. The second-order valence-electron chi connectivity index (χ2n) is 6.81. The van der Waals surface area contributed by atoms with Gasteiger partial charge >= 0.3 is 19.8 Å². The van der Waals surface area contributed by atoms with Gasteiger partial charge in [0.1, 0.15) is 10.6 Å². The number of aromatic nitrogens is 1. The molecule has 5 heteroatoms. The third kappa shape index (κ3) is 6.02. The number of thiophene rings is 1. The molecule has 4 rings (SSSR count). The first kappa shape index (κ1) is 23.3. The molecule has 1 nitrogen and oxygen atoms in total. The van der Waals surface area contributed by atoms with Crippen molar-refractivity contribution in [2.75, 3.05) is 26.7 Å². The molecule has 0 atom stereocenters. The summed E-state index contributed by atoms with van der Waals surface area (Å²) in [5, 5.41) is 4.45. The topological polar surface area (TPSA) is 12.9 Å². The Morgan fingerprint density at radius 2 is 1.32 bits per heavy atom. The molecule has 0 saturated carbocycles. The summed E-state index contributed by atoms with van der Waals surface area (Å²) in [7, 11) is -0.522. The molecule has 0 aliphatic heterocycles. The molecular weight excluding hydrogens is 575 g/mol. The molecular formula is C23H26NOsP2S+2. The minimum Gasteiger partial charge on any atom is -0.303 e. The Balaban J connectivity index is 0.000000199. The van der Waals surface area contributed by atoms with Crippen molar-refractivity contribution in [3.8, 4) is 10.6 Å². The summed E-state index contributed by atoms with van der Waals surface area (Å²) in [4.78, 5) is 5.43. The molecule has 0 fully saturated rings. The van der Waals surface area contributed by atoms with Gasteiger partial charge in [-0.3, -0.25) is 0 Å². The van der Waals surface area contributed by atoms with Crippen LogP contribution >= 0.6 is 27.2 Å². The van der Waals surface area contributed by atoms with Crippen molar-refractivity contribution < 1.29 is 19.8 Å². The van der Waals surface area contributed by atoms with Gasteiger partial charge in [-0.05, 0) is 27.8 Å². The van der Waals surface area contributed by atoms with Crippen LogP contribution in [0.5, 0.6) is 0 Å². The van der Waals surface area contributed by atoms with Crippen molar-refractivity contribution in [2.24, 2.45) is 0 Å². The van der Waals surface area contributed by atoms with E-state index in [1.807, 2.05) is 30.5 Å². The van der Waals surface area contributed by atoms with Crippen LogP contribution in [-0.4, -0.2) is 31.6 Å². The van der Waals surface area contributed by atoms with E-state index in [9.17, 15) is 0 Å². The van der Waals surface area contributed by atoms with Crippen molar-refractivity contribution in [3.05, 3.63) is 79.0 Å². The Morgan fingerprint density at radius 3 is 1.86 bits per heavy atom. The third-order valence-electron chi connectivity index (χ3n) is 4.25. The first-order valence-corrected chi connectivity index (χ1v) is 14.9. The zero-order valence-corrected chi connectivity index (χ0v) is 22.0. The van der Waals surface area contributed by atoms with Crippen LogP contribution in [0.3, 0.4) is 0 Å². The van der Waals surface area contributed by atoms with Crippen LogP contribution < -0.4 is 10.6 Å². The predicted octanol–water partition coefficient (Wildman–Crippen LogP) is 5.65. The maximum absolute atomic E-state index is 4.32. The summed E-state index contributed by atoms with van der Waals surface area (Å²) in [5.41, 5.74) is 0.999. The second-order valence-corrected chi connectivity index (χ2v) is 12.9. The van der Waals surface area contributed by atoms with Crippen LogP contribution in [0.1, 0.15) is 0 Å².